The van der Waals surface area contributed by atoms with Gasteiger partial charge in [-0.05, 0) is 82.7 Å². The van der Waals surface area contributed by atoms with E-state index in [4.69, 9.17) is 24.2 Å². The van der Waals surface area contributed by atoms with E-state index >= 15 is 0 Å². The Kier molecular flexibility index (Phi) is 13.9. The Balaban J connectivity index is 1.29. The van der Waals surface area contributed by atoms with Gasteiger partial charge in [0.15, 0.2) is 0 Å². The molecule has 3 aromatic heterocycles. The van der Waals surface area contributed by atoms with Crippen molar-refractivity contribution >= 4 is 46.1 Å². The third kappa shape index (κ3) is 9.50. The SMILES string of the molecule is CCn1c(-c2cccnc2[C@H](C)OC)c2c3cc(ccc31)-c1csc(n1)C[C@H](NC(=O)C(C(C)C)N(C)C(=O)N1[C@H](C)COC[C@H]1C)C(=O)N1CCC[C@H](N1)C(=O)OCC(C)(C)C2. The molecule has 63 heavy (non-hydrogen) atoms. The lowest BCUT2D eigenvalue weighted by atomic mass is 9.84. The number of hydrogen-bond donors (Lipinski definition) is 2. The normalized spacial score (nSPS) is 23.0. The molecule has 6 bridgehead atoms. The minimum Gasteiger partial charge on any atom is -0.464 e. The molecular weight excluding hydrogens is 821 g/mol. The van der Waals surface area contributed by atoms with Crippen molar-refractivity contribution in [1.82, 2.24) is 40.1 Å². The van der Waals surface area contributed by atoms with Crippen LogP contribution in [0.25, 0.3) is 33.4 Å². The average molecular weight is 885 g/mol. The van der Waals surface area contributed by atoms with Gasteiger partial charge < -0.3 is 33.9 Å². The van der Waals surface area contributed by atoms with Crippen molar-refractivity contribution in [2.75, 3.05) is 40.5 Å². The molecule has 6 heterocycles. The lowest BCUT2D eigenvalue weighted by Crippen LogP contribution is -2.63. The number of hydrazine groups is 1. The van der Waals surface area contributed by atoms with Crippen LogP contribution in [-0.2, 0) is 48.0 Å². The molecule has 3 aliphatic heterocycles. The summed E-state index contributed by atoms with van der Waals surface area (Å²) in [7, 11) is 3.33. The number of nitrogens with zero attached hydrogens (tertiary/aromatic N) is 6. The maximum Gasteiger partial charge on any atom is 0.324 e. The van der Waals surface area contributed by atoms with Crippen molar-refractivity contribution in [3.8, 4) is 22.5 Å². The first-order valence-corrected chi connectivity index (χ1v) is 23.2. The number of likely N-dealkylation sites (N-methyl/N-ethyl adjacent to an activating group) is 1. The number of methoxy groups -OCH3 is 1. The summed E-state index contributed by atoms with van der Waals surface area (Å²) in [4.78, 5) is 70.1. The first-order chi connectivity index (χ1) is 30.0. The van der Waals surface area contributed by atoms with Crippen molar-refractivity contribution in [3.05, 3.63) is 58.2 Å². The molecule has 0 aliphatic carbocycles. The summed E-state index contributed by atoms with van der Waals surface area (Å²) in [5, 5.41) is 8.19. The van der Waals surface area contributed by atoms with Gasteiger partial charge in [-0.25, -0.2) is 15.2 Å². The van der Waals surface area contributed by atoms with Crippen LogP contribution < -0.4 is 10.7 Å². The van der Waals surface area contributed by atoms with Crippen LogP contribution >= 0.6 is 11.3 Å². The number of cyclic esters (lactones) is 1. The van der Waals surface area contributed by atoms with Crippen molar-refractivity contribution in [2.24, 2.45) is 11.3 Å². The molecule has 0 saturated carbocycles. The van der Waals surface area contributed by atoms with Gasteiger partial charge in [-0.1, -0.05) is 33.8 Å². The van der Waals surface area contributed by atoms with Gasteiger partial charge in [-0.3, -0.25) is 24.4 Å². The molecule has 0 spiro atoms. The lowest BCUT2D eigenvalue weighted by molar-refractivity contribution is -0.155. The van der Waals surface area contributed by atoms with Crippen LogP contribution in [0, 0.1) is 11.3 Å². The lowest BCUT2D eigenvalue weighted by Gasteiger charge is -2.43. The number of morpholine rings is 1. The number of aromatic nitrogens is 3. The Morgan fingerprint density at radius 1 is 1.13 bits per heavy atom. The summed E-state index contributed by atoms with van der Waals surface area (Å²) in [5.74, 6) is -1.57. The van der Waals surface area contributed by atoms with Crippen LogP contribution in [0.2, 0.25) is 0 Å². The Morgan fingerprint density at radius 2 is 1.87 bits per heavy atom. The summed E-state index contributed by atoms with van der Waals surface area (Å²) in [6.45, 7) is 18.0. The van der Waals surface area contributed by atoms with Gasteiger partial charge in [-0.2, -0.15) is 0 Å². The summed E-state index contributed by atoms with van der Waals surface area (Å²) >= 11 is 1.42. The van der Waals surface area contributed by atoms with E-state index in [0.717, 1.165) is 44.7 Å². The number of carbonyl (C=O) groups excluding carboxylic acids is 4. The molecule has 2 saturated heterocycles. The largest absolute Gasteiger partial charge is 0.464 e. The molecular formula is C47H64N8O7S. The molecule has 1 aromatic carbocycles. The number of thiazole rings is 1. The van der Waals surface area contributed by atoms with Gasteiger partial charge in [-0.15, -0.1) is 11.3 Å². The van der Waals surface area contributed by atoms with E-state index in [2.05, 4.69) is 60.3 Å². The number of rotatable bonds is 8. The zero-order valence-corrected chi connectivity index (χ0v) is 39.2. The van der Waals surface area contributed by atoms with E-state index in [9.17, 15) is 19.2 Å². The fourth-order valence-corrected chi connectivity index (χ4v) is 10.3. The van der Waals surface area contributed by atoms with E-state index in [-0.39, 0.29) is 43.2 Å². The first kappa shape index (κ1) is 46.1. The maximum absolute atomic E-state index is 14.6. The van der Waals surface area contributed by atoms with Gasteiger partial charge in [0.2, 0.25) is 5.91 Å². The highest BCUT2D eigenvalue weighted by molar-refractivity contribution is 7.10. The van der Waals surface area contributed by atoms with Crippen LogP contribution in [0.4, 0.5) is 4.79 Å². The number of hydrogen-bond acceptors (Lipinski definition) is 11. The van der Waals surface area contributed by atoms with Crippen LogP contribution in [0.3, 0.4) is 0 Å². The standard InChI is InChI=1S/C47H64N8O7S/c1-11-53-38-17-16-31-20-33(38)34(42(53)32-14-12-18-48-40(32)30(6)60-10)22-47(7,8)26-62-45(58)35-15-13-19-54(51-35)44(57)36(21-39-49-37(31)25-63-39)50-43(56)41(27(2)3)52(9)46(59)55-28(4)23-61-24-29(55)5/h12,14,16-18,20,25,27-30,35-36,41,51H,11,13,15,19,21-24,26H2,1-10H3,(H,50,56)/t28-,29-,30+,35+,36+,41?/m1/s1. The minimum absolute atomic E-state index is 0.0993. The van der Waals surface area contributed by atoms with Crippen molar-refractivity contribution < 1.29 is 33.4 Å². The molecule has 0 radical (unpaired) electrons. The maximum atomic E-state index is 14.6. The smallest absolute Gasteiger partial charge is 0.324 e. The molecule has 340 valence electrons. The summed E-state index contributed by atoms with van der Waals surface area (Å²) < 4.78 is 19.9. The van der Waals surface area contributed by atoms with E-state index in [1.807, 2.05) is 46.1 Å². The number of esters is 1. The number of benzene rings is 1. The number of pyridine rings is 1. The molecule has 2 N–H and O–H groups in total. The topological polar surface area (TPSA) is 160 Å². The number of carbonyl (C=O) groups is 4. The van der Waals surface area contributed by atoms with Gasteiger partial charge >= 0.3 is 12.0 Å². The Hall–Kier alpha value is -4.90. The van der Waals surface area contributed by atoms with E-state index < -0.39 is 41.3 Å². The number of amides is 4. The number of fused-ring (bicyclic) bond motifs is 6. The third-order valence-corrected chi connectivity index (χ3v) is 13.5. The molecule has 15 nitrogen and oxygen atoms in total. The van der Waals surface area contributed by atoms with Gasteiger partial charge in [0.25, 0.3) is 5.91 Å². The number of ether oxygens (including phenoxy) is 3. The average Bonchev–Trinajstić information content (AvgIpc) is 3.85. The molecule has 6 atom stereocenters. The van der Waals surface area contributed by atoms with Gasteiger partial charge in [0, 0.05) is 72.7 Å². The Labute approximate surface area is 374 Å². The summed E-state index contributed by atoms with van der Waals surface area (Å²) in [5.41, 5.74) is 9.36. The number of aryl methyl sites for hydroxylation is 1. The zero-order valence-electron chi connectivity index (χ0n) is 38.4. The fourth-order valence-electron chi connectivity index (χ4n) is 9.43. The molecule has 7 rings (SSSR count). The first-order valence-electron chi connectivity index (χ1n) is 22.3. The van der Waals surface area contributed by atoms with Crippen molar-refractivity contribution in [3.63, 3.8) is 0 Å². The highest BCUT2D eigenvalue weighted by Crippen LogP contribution is 2.42. The monoisotopic (exact) mass is 884 g/mol. The Morgan fingerprint density at radius 3 is 2.57 bits per heavy atom. The minimum atomic E-state index is -1.05. The van der Waals surface area contributed by atoms with Crippen LogP contribution in [0.1, 0.15) is 90.6 Å². The van der Waals surface area contributed by atoms with Crippen molar-refractivity contribution in [1.29, 1.82) is 0 Å². The molecule has 16 heteroatoms. The predicted octanol–water partition coefficient (Wildman–Crippen LogP) is 6.39. The van der Waals surface area contributed by atoms with Crippen LogP contribution in [-0.4, -0.2) is 124 Å². The second-order valence-corrected chi connectivity index (χ2v) is 19.4. The van der Waals surface area contributed by atoms with E-state index in [1.54, 1.807) is 25.3 Å². The molecule has 2 fully saturated rings. The van der Waals surface area contributed by atoms with Crippen LogP contribution in [0.15, 0.2) is 41.9 Å². The van der Waals surface area contributed by atoms with Crippen LogP contribution in [0.5, 0.6) is 0 Å². The van der Waals surface area contributed by atoms with E-state index in [1.165, 1.54) is 21.2 Å². The highest BCUT2D eigenvalue weighted by Gasteiger charge is 2.40. The molecule has 1 unspecified atom stereocenters. The Bertz CT molecular complexity index is 2310. The number of urea groups is 1. The molecule has 4 aromatic rings. The zero-order chi connectivity index (χ0) is 45.3. The third-order valence-electron chi connectivity index (χ3n) is 12.7. The second-order valence-electron chi connectivity index (χ2n) is 18.5. The van der Waals surface area contributed by atoms with Gasteiger partial charge in [0.1, 0.15) is 18.1 Å². The predicted molar refractivity (Wildman–Crippen MR) is 243 cm³/mol. The summed E-state index contributed by atoms with van der Waals surface area (Å²) in [6.07, 6.45) is 3.27. The van der Waals surface area contributed by atoms with Crippen molar-refractivity contribution in [2.45, 2.75) is 124 Å². The molecule has 4 amide bonds. The number of nitrogens with one attached hydrogen (secondary N) is 2. The molecule has 3 aliphatic rings. The summed E-state index contributed by atoms with van der Waals surface area (Å²) in [6, 6.07) is 7.13. The second kappa shape index (κ2) is 19.1. The quantitative estimate of drug-likeness (QED) is 0.190. The fraction of sp³-hybridized carbons (Fsp3) is 0.574. The van der Waals surface area contributed by atoms with E-state index in [0.29, 0.717) is 50.6 Å². The highest BCUT2D eigenvalue weighted by atomic mass is 32.1. The van der Waals surface area contributed by atoms with Gasteiger partial charge in [0.05, 0.1) is 60.1 Å².